The van der Waals surface area contributed by atoms with Gasteiger partial charge >= 0.3 is 15.6 Å². The van der Waals surface area contributed by atoms with Gasteiger partial charge in [0.2, 0.25) is 0 Å². The minimum Gasteiger partial charge on any atom is -0.483 e. The molecule has 0 fully saturated rings. The summed E-state index contributed by atoms with van der Waals surface area (Å²) in [5.41, 5.74) is -4.99. The van der Waals surface area contributed by atoms with Gasteiger partial charge in [0.1, 0.15) is 22.9 Å². The van der Waals surface area contributed by atoms with Gasteiger partial charge in [0.05, 0.1) is 11.9 Å². The molecule has 10 heteroatoms. The molecule has 2 aromatic rings. The highest BCUT2D eigenvalue weighted by molar-refractivity contribution is 7.88. The van der Waals surface area contributed by atoms with E-state index in [1.54, 1.807) is 19.9 Å². The van der Waals surface area contributed by atoms with Gasteiger partial charge in [-0.25, -0.2) is 4.39 Å². The number of halogens is 4. The van der Waals surface area contributed by atoms with Gasteiger partial charge in [-0.15, -0.1) is 0 Å². The van der Waals surface area contributed by atoms with Crippen LogP contribution in [0.25, 0.3) is 5.57 Å². The Labute approximate surface area is 152 Å². The lowest BCUT2D eigenvalue weighted by atomic mass is 9.92. The van der Waals surface area contributed by atoms with Crippen LogP contribution in [0.15, 0.2) is 42.6 Å². The Balaban J connectivity index is 2.04. The van der Waals surface area contributed by atoms with E-state index < -0.39 is 32.8 Å². The van der Waals surface area contributed by atoms with Crippen molar-refractivity contribution >= 4 is 15.7 Å². The van der Waals surface area contributed by atoms with E-state index in [2.05, 4.69) is 9.17 Å². The minimum atomic E-state index is -5.80. The van der Waals surface area contributed by atoms with Gasteiger partial charge < -0.3 is 8.92 Å². The Morgan fingerprint density at radius 1 is 1.15 bits per heavy atom. The third kappa shape index (κ3) is 3.90. The average molecular weight is 403 g/mol. The zero-order valence-electron chi connectivity index (χ0n) is 14.0. The van der Waals surface area contributed by atoms with Crippen LogP contribution in [0.5, 0.6) is 11.5 Å². The van der Waals surface area contributed by atoms with E-state index in [1.807, 2.05) is 0 Å². The number of hydrogen-bond donors (Lipinski definition) is 0. The standard InChI is InChI=1S/C17H13F4NO4S/c1-16(2)8-13(14-6-3-10(18)9-22-14)12-5-4-11(7-15(12)25-16)26-27(23,24)17(19,20)21/h3-9H,1-2H3. The van der Waals surface area contributed by atoms with Gasteiger partial charge in [-0.2, -0.15) is 21.6 Å². The predicted octanol–water partition coefficient (Wildman–Crippen LogP) is 4.05. The molecule has 1 aromatic carbocycles. The second-order valence-electron chi connectivity index (χ2n) is 6.27. The summed E-state index contributed by atoms with van der Waals surface area (Å²) in [6, 6.07) is 6.14. The molecule has 0 bridgehead atoms. The number of ether oxygens (including phenoxy) is 1. The molecule has 0 unspecified atom stereocenters. The Kier molecular flexibility index (Phi) is 4.41. The second-order valence-corrected chi connectivity index (χ2v) is 7.80. The van der Waals surface area contributed by atoms with Crippen LogP contribution in [-0.2, 0) is 10.1 Å². The monoisotopic (exact) mass is 403 g/mol. The van der Waals surface area contributed by atoms with E-state index in [9.17, 15) is 26.0 Å². The summed E-state index contributed by atoms with van der Waals surface area (Å²) in [6.07, 6.45) is 2.76. The average Bonchev–Trinajstić information content (AvgIpc) is 2.52. The molecule has 144 valence electrons. The molecule has 0 spiro atoms. The Bertz CT molecular complexity index is 1010. The maximum absolute atomic E-state index is 13.1. The maximum atomic E-state index is 13.1. The molecule has 0 N–H and O–H groups in total. The molecule has 1 aliphatic heterocycles. The molecule has 1 aromatic heterocycles. The Hall–Kier alpha value is -2.62. The molecule has 2 heterocycles. The zero-order chi connectivity index (χ0) is 20.0. The maximum Gasteiger partial charge on any atom is 0.534 e. The summed E-state index contributed by atoms with van der Waals surface area (Å²) in [4.78, 5) is 4.01. The van der Waals surface area contributed by atoms with Crippen molar-refractivity contribution in [2.75, 3.05) is 0 Å². The molecule has 0 atom stereocenters. The van der Waals surface area contributed by atoms with Crippen molar-refractivity contribution < 1.29 is 34.9 Å². The first-order valence-corrected chi connectivity index (χ1v) is 8.98. The molecular weight excluding hydrogens is 390 g/mol. The second kappa shape index (κ2) is 6.22. The van der Waals surface area contributed by atoms with Gasteiger partial charge in [-0.1, -0.05) is 0 Å². The summed E-state index contributed by atoms with van der Waals surface area (Å²) in [5.74, 6) is -0.958. The number of fused-ring (bicyclic) bond motifs is 1. The fourth-order valence-corrected chi connectivity index (χ4v) is 2.97. The lowest BCUT2D eigenvalue weighted by Crippen LogP contribution is -2.30. The lowest BCUT2D eigenvalue weighted by Gasteiger charge is -2.31. The van der Waals surface area contributed by atoms with Crippen LogP contribution in [0.4, 0.5) is 17.6 Å². The first-order valence-electron chi connectivity index (χ1n) is 7.57. The molecule has 0 saturated carbocycles. The fraction of sp³-hybridized carbons (Fsp3) is 0.235. The minimum absolute atomic E-state index is 0.110. The Morgan fingerprint density at radius 2 is 1.85 bits per heavy atom. The van der Waals surface area contributed by atoms with Crippen molar-refractivity contribution in [2.24, 2.45) is 0 Å². The molecule has 0 saturated heterocycles. The number of hydrogen-bond acceptors (Lipinski definition) is 5. The van der Waals surface area contributed by atoms with Crippen molar-refractivity contribution in [3.63, 3.8) is 0 Å². The van der Waals surface area contributed by atoms with Gasteiger partial charge in [-0.3, -0.25) is 4.98 Å². The normalized spacial score (nSPS) is 16.1. The van der Waals surface area contributed by atoms with E-state index in [4.69, 9.17) is 4.74 Å². The van der Waals surface area contributed by atoms with Gasteiger partial charge in [0.25, 0.3) is 0 Å². The van der Waals surface area contributed by atoms with Crippen LogP contribution < -0.4 is 8.92 Å². The Morgan fingerprint density at radius 3 is 2.44 bits per heavy atom. The molecule has 0 radical (unpaired) electrons. The fourth-order valence-electron chi connectivity index (χ4n) is 2.52. The van der Waals surface area contributed by atoms with Crippen molar-refractivity contribution in [1.82, 2.24) is 4.98 Å². The van der Waals surface area contributed by atoms with Crippen LogP contribution in [0, 0.1) is 5.82 Å². The third-order valence-electron chi connectivity index (χ3n) is 3.60. The number of alkyl halides is 3. The molecule has 1 aliphatic rings. The van der Waals surface area contributed by atoms with E-state index >= 15 is 0 Å². The topological polar surface area (TPSA) is 65.5 Å². The molecule has 5 nitrogen and oxygen atoms in total. The highest BCUT2D eigenvalue weighted by Gasteiger charge is 2.48. The predicted molar refractivity (Wildman–Crippen MR) is 88.0 cm³/mol. The van der Waals surface area contributed by atoms with Gasteiger partial charge in [0, 0.05) is 17.2 Å². The number of aromatic nitrogens is 1. The summed E-state index contributed by atoms with van der Waals surface area (Å²) in [6.45, 7) is 3.39. The van der Waals surface area contributed by atoms with Crippen molar-refractivity contribution in [1.29, 1.82) is 0 Å². The quantitative estimate of drug-likeness (QED) is 0.440. The SMILES string of the molecule is CC1(C)C=C(c2ccc(F)cn2)c2ccc(OS(=O)(=O)C(F)(F)F)cc2O1. The third-order valence-corrected chi connectivity index (χ3v) is 4.58. The lowest BCUT2D eigenvalue weighted by molar-refractivity contribution is -0.0500. The largest absolute Gasteiger partial charge is 0.534 e. The van der Waals surface area contributed by atoms with E-state index in [0.29, 0.717) is 16.8 Å². The van der Waals surface area contributed by atoms with Crippen molar-refractivity contribution in [2.45, 2.75) is 25.0 Å². The molecule has 0 amide bonds. The van der Waals surface area contributed by atoms with E-state index in [1.165, 1.54) is 18.2 Å². The summed E-state index contributed by atoms with van der Waals surface area (Å²) < 4.78 is 82.9. The number of nitrogens with zero attached hydrogens (tertiary/aromatic N) is 1. The van der Waals surface area contributed by atoms with Crippen molar-refractivity contribution in [3.8, 4) is 11.5 Å². The molecular formula is C17H13F4NO4S. The summed E-state index contributed by atoms with van der Waals surface area (Å²) in [5, 5.41) is 0. The number of benzene rings is 1. The molecule has 0 aliphatic carbocycles. The van der Waals surface area contributed by atoms with Crippen LogP contribution in [-0.4, -0.2) is 24.5 Å². The molecule has 27 heavy (non-hydrogen) atoms. The van der Waals surface area contributed by atoms with Gasteiger partial charge in [0.15, 0.2) is 0 Å². The highest BCUT2D eigenvalue weighted by Crippen LogP contribution is 2.41. The van der Waals surface area contributed by atoms with E-state index in [-0.39, 0.29) is 5.75 Å². The molecule has 3 rings (SSSR count). The first-order chi connectivity index (χ1) is 12.4. The highest BCUT2D eigenvalue weighted by atomic mass is 32.2. The van der Waals surface area contributed by atoms with Crippen LogP contribution >= 0.6 is 0 Å². The van der Waals surface area contributed by atoms with Crippen molar-refractivity contribution in [3.05, 3.63) is 59.7 Å². The van der Waals surface area contributed by atoms with Gasteiger partial charge in [-0.05, 0) is 44.2 Å². The van der Waals surface area contributed by atoms with Crippen LogP contribution in [0.1, 0.15) is 25.1 Å². The zero-order valence-corrected chi connectivity index (χ0v) is 14.9. The number of pyridine rings is 1. The number of rotatable bonds is 3. The summed E-state index contributed by atoms with van der Waals surface area (Å²) >= 11 is 0. The smallest absolute Gasteiger partial charge is 0.483 e. The first kappa shape index (κ1) is 19.2. The van der Waals surface area contributed by atoms with Crippen LogP contribution in [0.2, 0.25) is 0 Å². The van der Waals surface area contributed by atoms with Crippen LogP contribution in [0.3, 0.4) is 0 Å². The van der Waals surface area contributed by atoms with E-state index in [0.717, 1.165) is 18.3 Å². The summed E-state index contributed by atoms with van der Waals surface area (Å²) in [7, 11) is -5.80.